The number of aromatic nitrogens is 5. The van der Waals surface area contributed by atoms with Gasteiger partial charge in [0.15, 0.2) is 23.1 Å². The molecular weight excluding hydrogens is 429 g/mol. The molecule has 1 aromatic carbocycles. The SMILES string of the molecule is O=C(Nc1c[nH]c2cc(F)c(F)cc12)c1cn(-c2cnc(Br)c(F)c2)nn1. The third-order valence-electron chi connectivity index (χ3n) is 3.74. The number of nitrogens with one attached hydrogen (secondary N) is 2. The van der Waals surface area contributed by atoms with Crippen LogP contribution < -0.4 is 5.32 Å². The number of rotatable bonds is 3. The summed E-state index contributed by atoms with van der Waals surface area (Å²) in [6.45, 7) is 0. The van der Waals surface area contributed by atoms with Crippen LogP contribution in [-0.2, 0) is 0 Å². The molecule has 2 N–H and O–H groups in total. The Bertz CT molecular complexity index is 1190. The molecule has 0 aliphatic heterocycles. The number of carbonyl (C=O) groups is 1. The molecule has 0 bridgehead atoms. The van der Waals surface area contributed by atoms with E-state index in [-0.39, 0.29) is 21.7 Å². The van der Waals surface area contributed by atoms with Crippen molar-refractivity contribution in [3.8, 4) is 5.69 Å². The molecule has 0 spiro atoms. The van der Waals surface area contributed by atoms with Crippen molar-refractivity contribution in [1.82, 2.24) is 25.0 Å². The molecule has 3 heterocycles. The molecule has 0 saturated heterocycles. The number of aromatic amines is 1. The number of hydrogen-bond acceptors (Lipinski definition) is 4. The maximum absolute atomic E-state index is 13.6. The van der Waals surface area contributed by atoms with Crippen LogP contribution in [0.3, 0.4) is 0 Å². The monoisotopic (exact) mass is 436 g/mol. The van der Waals surface area contributed by atoms with E-state index in [2.05, 4.69) is 41.5 Å². The second kappa shape index (κ2) is 6.50. The van der Waals surface area contributed by atoms with Crippen LogP contribution in [0.4, 0.5) is 18.9 Å². The van der Waals surface area contributed by atoms with Gasteiger partial charge in [0.2, 0.25) is 0 Å². The largest absolute Gasteiger partial charge is 0.359 e. The van der Waals surface area contributed by atoms with Gasteiger partial charge in [0.1, 0.15) is 4.60 Å². The highest BCUT2D eigenvalue weighted by Crippen LogP contribution is 2.26. The van der Waals surface area contributed by atoms with Crippen LogP contribution in [-0.4, -0.2) is 30.9 Å². The Kier molecular flexibility index (Phi) is 4.15. The van der Waals surface area contributed by atoms with Crippen LogP contribution in [0.15, 0.2) is 41.4 Å². The lowest BCUT2D eigenvalue weighted by Gasteiger charge is -2.02. The van der Waals surface area contributed by atoms with E-state index in [9.17, 15) is 18.0 Å². The lowest BCUT2D eigenvalue weighted by atomic mass is 10.2. The summed E-state index contributed by atoms with van der Waals surface area (Å²) in [5.41, 5.74) is 0.784. The second-order valence-corrected chi connectivity index (χ2v) is 6.23. The van der Waals surface area contributed by atoms with Gasteiger partial charge in [-0.15, -0.1) is 5.10 Å². The zero-order valence-corrected chi connectivity index (χ0v) is 14.8. The molecule has 0 fully saturated rings. The van der Waals surface area contributed by atoms with Gasteiger partial charge >= 0.3 is 0 Å². The predicted molar refractivity (Wildman–Crippen MR) is 93.0 cm³/mol. The third kappa shape index (κ3) is 3.16. The first-order valence-corrected chi connectivity index (χ1v) is 8.23. The van der Waals surface area contributed by atoms with Crippen LogP contribution >= 0.6 is 15.9 Å². The van der Waals surface area contributed by atoms with Crippen LogP contribution in [0, 0.1) is 17.5 Å². The molecule has 3 aromatic heterocycles. The van der Waals surface area contributed by atoms with Gasteiger partial charge in [-0.2, -0.15) is 0 Å². The van der Waals surface area contributed by atoms with Gasteiger partial charge in [-0.3, -0.25) is 4.79 Å². The molecular formula is C16H8BrF3N6O. The summed E-state index contributed by atoms with van der Waals surface area (Å²) >= 11 is 2.94. The number of carbonyl (C=O) groups excluding carboxylic acids is 1. The minimum absolute atomic E-state index is 0.0485. The first-order chi connectivity index (χ1) is 12.9. The summed E-state index contributed by atoms with van der Waals surface area (Å²) in [6.07, 6.45) is 4.04. The molecule has 1 amide bonds. The van der Waals surface area contributed by atoms with E-state index in [1.807, 2.05) is 0 Å². The zero-order valence-electron chi connectivity index (χ0n) is 13.2. The highest BCUT2D eigenvalue weighted by Gasteiger charge is 2.16. The van der Waals surface area contributed by atoms with Gasteiger partial charge in [-0.1, -0.05) is 5.21 Å². The fourth-order valence-electron chi connectivity index (χ4n) is 2.44. The third-order valence-corrected chi connectivity index (χ3v) is 4.33. The molecule has 4 rings (SSSR count). The van der Waals surface area contributed by atoms with E-state index in [1.165, 1.54) is 29.3 Å². The summed E-state index contributed by atoms with van der Waals surface area (Å²) in [5.74, 6) is -3.26. The Hall–Kier alpha value is -3.21. The Labute approximate surface area is 157 Å². The topological polar surface area (TPSA) is 88.5 Å². The number of hydrogen-bond donors (Lipinski definition) is 2. The van der Waals surface area contributed by atoms with Crippen molar-refractivity contribution in [2.24, 2.45) is 0 Å². The molecule has 0 aliphatic carbocycles. The van der Waals surface area contributed by atoms with Gasteiger partial charge in [0.25, 0.3) is 5.91 Å². The highest BCUT2D eigenvalue weighted by molar-refractivity contribution is 9.10. The van der Waals surface area contributed by atoms with Crippen molar-refractivity contribution in [3.05, 3.63) is 64.5 Å². The van der Waals surface area contributed by atoms with Gasteiger partial charge in [-0.25, -0.2) is 22.8 Å². The smallest absolute Gasteiger partial charge is 0.277 e. The normalized spacial score (nSPS) is 11.1. The Morgan fingerprint density at radius 3 is 2.70 bits per heavy atom. The van der Waals surface area contributed by atoms with E-state index < -0.39 is 23.4 Å². The summed E-state index contributed by atoms with van der Waals surface area (Å²) in [4.78, 5) is 18.9. The van der Waals surface area contributed by atoms with E-state index in [0.29, 0.717) is 10.9 Å². The molecule has 0 atom stereocenters. The van der Waals surface area contributed by atoms with E-state index in [1.54, 1.807) is 0 Å². The molecule has 11 heteroatoms. The predicted octanol–water partition coefficient (Wildman–Crippen LogP) is 3.58. The number of nitrogens with zero attached hydrogens (tertiary/aromatic N) is 4. The summed E-state index contributed by atoms with van der Waals surface area (Å²) in [5, 5.41) is 10.3. The standard InChI is InChI=1S/C16H8BrF3N6O/c17-15-11(20)1-7(4-22-15)26-6-14(24-25-26)16(27)23-13-5-21-12-3-10(19)9(18)2-8(12)13/h1-6,21H,(H,23,27). The molecule has 0 saturated carbocycles. The molecule has 0 radical (unpaired) electrons. The number of benzene rings is 1. The lowest BCUT2D eigenvalue weighted by Crippen LogP contribution is -2.12. The Balaban J connectivity index is 1.60. The fraction of sp³-hybridized carbons (Fsp3) is 0. The summed E-state index contributed by atoms with van der Waals surface area (Å²) in [7, 11) is 0. The van der Waals surface area contributed by atoms with Crippen molar-refractivity contribution in [3.63, 3.8) is 0 Å². The Morgan fingerprint density at radius 2 is 1.93 bits per heavy atom. The Morgan fingerprint density at radius 1 is 1.15 bits per heavy atom. The number of H-pyrrole nitrogens is 1. The summed E-state index contributed by atoms with van der Waals surface area (Å²) < 4.78 is 41.5. The first-order valence-electron chi connectivity index (χ1n) is 7.43. The van der Waals surface area contributed by atoms with E-state index in [0.717, 1.165) is 12.1 Å². The summed E-state index contributed by atoms with van der Waals surface area (Å²) in [6, 6.07) is 3.14. The van der Waals surface area contributed by atoms with Crippen molar-refractivity contribution in [2.75, 3.05) is 5.32 Å². The maximum Gasteiger partial charge on any atom is 0.277 e. The quantitative estimate of drug-likeness (QED) is 0.480. The maximum atomic E-state index is 13.6. The number of halogens is 4. The van der Waals surface area contributed by atoms with Gasteiger partial charge < -0.3 is 10.3 Å². The molecule has 0 aliphatic rings. The van der Waals surface area contributed by atoms with Crippen LogP contribution in [0.25, 0.3) is 16.6 Å². The number of anilines is 1. The van der Waals surface area contributed by atoms with Crippen molar-refractivity contribution >= 4 is 38.4 Å². The average molecular weight is 437 g/mol. The van der Waals surface area contributed by atoms with Crippen molar-refractivity contribution < 1.29 is 18.0 Å². The minimum Gasteiger partial charge on any atom is -0.359 e. The van der Waals surface area contributed by atoms with Gasteiger partial charge in [0, 0.05) is 23.7 Å². The first kappa shape index (κ1) is 17.2. The molecule has 0 unspecified atom stereocenters. The van der Waals surface area contributed by atoms with Crippen molar-refractivity contribution in [1.29, 1.82) is 0 Å². The molecule has 4 aromatic rings. The van der Waals surface area contributed by atoms with Crippen LogP contribution in [0.5, 0.6) is 0 Å². The lowest BCUT2D eigenvalue weighted by molar-refractivity contribution is 0.102. The molecule has 136 valence electrons. The second-order valence-electron chi connectivity index (χ2n) is 5.48. The van der Waals surface area contributed by atoms with Gasteiger partial charge in [0.05, 0.1) is 29.3 Å². The zero-order chi connectivity index (χ0) is 19.1. The fourth-order valence-corrected chi connectivity index (χ4v) is 2.65. The number of amides is 1. The van der Waals surface area contributed by atoms with E-state index in [4.69, 9.17) is 0 Å². The van der Waals surface area contributed by atoms with Crippen molar-refractivity contribution in [2.45, 2.75) is 0 Å². The molecule has 7 nitrogen and oxygen atoms in total. The van der Waals surface area contributed by atoms with Crippen LogP contribution in [0.2, 0.25) is 0 Å². The van der Waals surface area contributed by atoms with E-state index >= 15 is 0 Å². The van der Waals surface area contributed by atoms with Gasteiger partial charge in [-0.05, 0) is 22.0 Å². The highest BCUT2D eigenvalue weighted by atomic mass is 79.9. The number of pyridine rings is 1. The minimum atomic E-state index is -1.03. The molecule has 27 heavy (non-hydrogen) atoms. The number of fused-ring (bicyclic) bond motifs is 1. The average Bonchev–Trinajstić information content (AvgIpc) is 3.26. The van der Waals surface area contributed by atoms with Crippen LogP contribution in [0.1, 0.15) is 10.5 Å².